The maximum absolute atomic E-state index is 13.3. The van der Waals surface area contributed by atoms with Crippen LogP contribution in [0.2, 0.25) is 0 Å². The van der Waals surface area contributed by atoms with Gasteiger partial charge >= 0.3 is 0 Å². The zero-order valence-corrected chi connectivity index (χ0v) is 10.7. The lowest BCUT2D eigenvalue weighted by molar-refractivity contribution is 0.622. The number of nitrogens with zero attached hydrogens (tertiary/aromatic N) is 5. The topological polar surface area (TPSA) is 80.3 Å². The molecule has 0 radical (unpaired) electrons. The average Bonchev–Trinajstić information content (AvgIpc) is 2.78. The summed E-state index contributed by atoms with van der Waals surface area (Å²) in [6, 6.07) is 1.35. The van der Waals surface area contributed by atoms with Gasteiger partial charge in [0.25, 0.3) is 0 Å². The van der Waals surface area contributed by atoms with E-state index in [1.165, 1.54) is 12.4 Å². The number of halogens is 1. The monoisotopic (exact) mass is 268 g/mol. The van der Waals surface area contributed by atoms with E-state index in [4.69, 9.17) is 5.41 Å². The lowest BCUT2D eigenvalue weighted by Gasteiger charge is -2.01. The molecule has 0 aliphatic heterocycles. The highest BCUT2D eigenvalue weighted by atomic mass is 19.1. The van der Waals surface area contributed by atoms with Crippen molar-refractivity contribution >= 4 is 24.5 Å². The van der Waals surface area contributed by atoms with Gasteiger partial charge in [0.1, 0.15) is 17.8 Å². The van der Waals surface area contributed by atoms with Crippen molar-refractivity contribution in [1.29, 1.82) is 5.41 Å². The minimum atomic E-state index is -0.442. The van der Waals surface area contributed by atoms with Crippen LogP contribution < -0.4 is 0 Å². The minimum Gasteiger partial charge on any atom is -0.314 e. The van der Waals surface area contributed by atoms with Gasteiger partial charge in [0.05, 0.1) is 18.1 Å². The Morgan fingerprint density at radius 3 is 2.75 bits per heavy atom. The fourth-order valence-corrected chi connectivity index (χ4v) is 2.01. The van der Waals surface area contributed by atoms with E-state index in [0.717, 1.165) is 11.8 Å². The standard InChI is InChI=1S/C12H10BFN6/c13-11(15)10-9-1-8(14)4-18-12(9)20(19-10)5-7-2-16-6-17-3-7/h1-4,6,15H,5,13H2. The Hall–Kier alpha value is -2.64. The summed E-state index contributed by atoms with van der Waals surface area (Å²) in [4.78, 5) is 12.0. The molecule has 0 bridgehead atoms. The van der Waals surface area contributed by atoms with E-state index in [1.807, 2.05) is 0 Å². The summed E-state index contributed by atoms with van der Waals surface area (Å²) in [6.45, 7) is 0.420. The maximum atomic E-state index is 13.3. The highest BCUT2D eigenvalue weighted by Crippen LogP contribution is 2.18. The first kappa shape index (κ1) is 12.4. The van der Waals surface area contributed by atoms with E-state index in [9.17, 15) is 4.39 Å². The van der Waals surface area contributed by atoms with Crippen LogP contribution in [0.25, 0.3) is 11.0 Å². The van der Waals surface area contributed by atoms with Gasteiger partial charge in [0.15, 0.2) is 13.5 Å². The van der Waals surface area contributed by atoms with Gasteiger partial charge in [0.2, 0.25) is 0 Å². The fourth-order valence-electron chi connectivity index (χ4n) is 2.01. The number of hydrogen-bond acceptors (Lipinski definition) is 5. The quantitative estimate of drug-likeness (QED) is 0.549. The molecule has 0 spiro atoms. The molecule has 98 valence electrons. The molecule has 3 rings (SSSR count). The van der Waals surface area contributed by atoms with Crippen molar-refractivity contribution < 1.29 is 4.39 Å². The largest absolute Gasteiger partial charge is 0.314 e. The Bertz CT molecular complexity index is 785. The second-order valence-electron chi connectivity index (χ2n) is 4.40. The minimum absolute atomic E-state index is 0.269. The number of fused-ring (bicyclic) bond motifs is 1. The van der Waals surface area contributed by atoms with Crippen molar-refractivity contribution in [1.82, 2.24) is 24.7 Å². The molecule has 3 aromatic heterocycles. The second-order valence-corrected chi connectivity index (χ2v) is 4.40. The lowest BCUT2D eigenvalue weighted by Crippen LogP contribution is -2.05. The third kappa shape index (κ3) is 2.15. The van der Waals surface area contributed by atoms with Crippen LogP contribution in [-0.4, -0.2) is 38.2 Å². The van der Waals surface area contributed by atoms with E-state index < -0.39 is 5.82 Å². The lowest BCUT2D eigenvalue weighted by atomic mass is 9.97. The molecule has 0 aromatic carbocycles. The van der Waals surface area contributed by atoms with Gasteiger partial charge in [0, 0.05) is 23.6 Å². The number of pyridine rings is 1. The molecule has 1 N–H and O–H groups in total. The summed E-state index contributed by atoms with van der Waals surface area (Å²) in [5.41, 5.74) is 2.10. The summed E-state index contributed by atoms with van der Waals surface area (Å²) in [7, 11) is 1.61. The summed E-state index contributed by atoms with van der Waals surface area (Å²) in [5, 5.41) is 12.6. The predicted octanol–water partition coefficient (Wildman–Crippen LogP) is 0.367. The smallest absolute Gasteiger partial charge is 0.166 e. The molecule has 0 aliphatic rings. The van der Waals surface area contributed by atoms with E-state index >= 15 is 0 Å². The van der Waals surface area contributed by atoms with E-state index in [2.05, 4.69) is 20.1 Å². The third-order valence-electron chi connectivity index (χ3n) is 2.86. The number of nitrogens with one attached hydrogen (secondary N) is 1. The summed E-state index contributed by atoms with van der Waals surface area (Å²) in [5.74, 6) is -0.442. The molecule has 20 heavy (non-hydrogen) atoms. The molecule has 0 atom stereocenters. The van der Waals surface area contributed by atoms with Crippen LogP contribution >= 0.6 is 0 Å². The zero-order valence-electron chi connectivity index (χ0n) is 10.7. The Labute approximate surface area is 114 Å². The van der Waals surface area contributed by atoms with Crippen molar-refractivity contribution in [2.75, 3.05) is 0 Å². The summed E-state index contributed by atoms with van der Waals surface area (Å²) >= 11 is 0. The van der Waals surface area contributed by atoms with Crippen LogP contribution in [0.5, 0.6) is 0 Å². The van der Waals surface area contributed by atoms with Gasteiger partial charge in [-0.05, 0) is 6.07 Å². The zero-order chi connectivity index (χ0) is 14.1. The number of aromatic nitrogens is 5. The van der Waals surface area contributed by atoms with Crippen molar-refractivity contribution in [3.05, 3.63) is 48.1 Å². The van der Waals surface area contributed by atoms with E-state index in [0.29, 0.717) is 23.3 Å². The first-order chi connectivity index (χ1) is 9.65. The van der Waals surface area contributed by atoms with Crippen LogP contribution in [0.3, 0.4) is 0 Å². The van der Waals surface area contributed by atoms with Crippen LogP contribution in [0, 0.1) is 11.2 Å². The number of rotatable bonds is 3. The van der Waals surface area contributed by atoms with Gasteiger partial charge in [-0.25, -0.2) is 24.0 Å². The van der Waals surface area contributed by atoms with Gasteiger partial charge in [-0.1, -0.05) is 0 Å². The Kier molecular flexibility index (Phi) is 2.98. The van der Waals surface area contributed by atoms with E-state index in [1.54, 1.807) is 24.9 Å². The van der Waals surface area contributed by atoms with Crippen molar-refractivity contribution in [2.24, 2.45) is 0 Å². The van der Waals surface area contributed by atoms with Gasteiger partial charge in [-0.15, -0.1) is 0 Å². The van der Waals surface area contributed by atoms with Crippen LogP contribution in [0.1, 0.15) is 11.3 Å². The molecular weight excluding hydrogens is 258 g/mol. The van der Waals surface area contributed by atoms with Crippen molar-refractivity contribution in [3.8, 4) is 0 Å². The van der Waals surface area contributed by atoms with Crippen molar-refractivity contribution in [3.63, 3.8) is 0 Å². The number of hydrogen-bond donors (Lipinski definition) is 1. The molecule has 0 amide bonds. The molecular formula is C12H10BFN6. The molecule has 0 fully saturated rings. The van der Waals surface area contributed by atoms with Gasteiger partial charge < -0.3 is 5.41 Å². The normalized spacial score (nSPS) is 10.8. The van der Waals surface area contributed by atoms with Crippen LogP contribution in [0.4, 0.5) is 4.39 Å². The second kappa shape index (κ2) is 4.80. The average molecular weight is 268 g/mol. The van der Waals surface area contributed by atoms with Crippen molar-refractivity contribution in [2.45, 2.75) is 6.54 Å². The molecule has 0 aliphatic carbocycles. The van der Waals surface area contributed by atoms with Crippen LogP contribution in [0.15, 0.2) is 31.0 Å². The highest BCUT2D eigenvalue weighted by Gasteiger charge is 2.14. The van der Waals surface area contributed by atoms with E-state index in [-0.39, 0.29) is 5.61 Å². The third-order valence-corrected chi connectivity index (χ3v) is 2.86. The first-order valence-electron chi connectivity index (χ1n) is 5.96. The van der Waals surface area contributed by atoms with Gasteiger partial charge in [-0.3, -0.25) is 0 Å². The SMILES string of the molecule is BC(=N)c1nn(Cc2cncnc2)c2ncc(F)cc12. The molecule has 8 heteroatoms. The predicted molar refractivity (Wildman–Crippen MR) is 74.0 cm³/mol. The summed E-state index contributed by atoms with van der Waals surface area (Å²) < 4.78 is 15.0. The molecule has 0 saturated carbocycles. The molecule has 0 unspecified atom stereocenters. The molecule has 3 heterocycles. The Balaban J connectivity index is 2.14. The highest BCUT2D eigenvalue weighted by molar-refractivity contribution is 6.64. The Morgan fingerprint density at radius 2 is 2.05 bits per heavy atom. The first-order valence-corrected chi connectivity index (χ1v) is 5.96. The molecule has 0 saturated heterocycles. The fraction of sp³-hybridized carbons (Fsp3) is 0.0833. The van der Waals surface area contributed by atoms with Gasteiger partial charge in [-0.2, -0.15) is 5.10 Å². The van der Waals surface area contributed by atoms with Crippen LogP contribution in [-0.2, 0) is 6.54 Å². The Morgan fingerprint density at radius 1 is 1.30 bits per heavy atom. The summed E-state index contributed by atoms with van der Waals surface area (Å²) in [6.07, 6.45) is 5.96. The molecule has 3 aromatic rings. The maximum Gasteiger partial charge on any atom is 0.166 e. The molecule has 6 nitrogen and oxygen atoms in total.